The van der Waals surface area contributed by atoms with Crippen LogP contribution in [0.4, 0.5) is 13.2 Å². The smallest absolute Gasteiger partial charge is 0.416 e. The van der Waals surface area contributed by atoms with Crippen molar-refractivity contribution in [3.05, 3.63) is 96.2 Å². The van der Waals surface area contributed by atoms with Crippen LogP contribution in [-0.4, -0.2) is 25.3 Å². The van der Waals surface area contributed by atoms with E-state index >= 15 is 0 Å². The van der Waals surface area contributed by atoms with Crippen molar-refractivity contribution in [2.45, 2.75) is 19.6 Å². The zero-order valence-electron chi connectivity index (χ0n) is 18.4. The number of hydrogen-bond acceptors (Lipinski definition) is 5. The summed E-state index contributed by atoms with van der Waals surface area (Å²) in [5, 5.41) is 2.84. The Morgan fingerprint density at radius 2 is 1.80 bits per heavy atom. The Morgan fingerprint density at radius 1 is 1.03 bits per heavy atom. The van der Waals surface area contributed by atoms with E-state index in [9.17, 15) is 18.0 Å². The first kappa shape index (κ1) is 22.3. The predicted octanol–water partition coefficient (Wildman–Crippen LogP) is 5.31. The third-order valence-electron chi connectivity index (χ3n) is 5.50. The summed E-state index contributed by atoms with van der Waals surface area (Å²) in [7, 11) is 0. The standard InChI is InChI=1S/C25H18F3N5O2/c1-15-9-30-19(10-29-15)11-31-24(34)21-8-20-7-4-17(12-33(20)23(21)22-13-35-14-32-22)16-2-5-18(6-3-16)25(26,27)28/h2-10,12-14H,11H2,1H3,(H,31,34). The Bertz CT molecular complexity index is 1490. The Labute approximate surface area is 197 Å². The zero-order valence-corrected chi connectivity index (χ0v) is 18.4. The number of oxazole rings is 1. The van der Waals surface area contributed by atoms with Crippen LogP contribution in [0, 0.1) is 6.92 Å². The Hall–Kier alpha value is -4.47. The number of amides is 1. The Kier molecular flexibility index (Phi) is 5.56. The Morgan fingerprint density at radius 3 is 2.46 bits per heavy atom. The molecule has 10 heteroatoms. The van der Waals surface area contributed by atoms with Gasteiger partial charge in [-0.15, -0.1) is 0 Å². The number of fused-ring (bicyclic) bond motifs is 1. The van der Waals surface area contributed by atoms with Gasteiger partial charge >= 0.3 is 6.18 Å². The number of halogens is 3. The largest absolute Gasteiger partial charge is 0.451 e. The summed E-state index contributed by atoms with van der Waals surface area (Å²) in [6, 6.07) is 10.2. The molecule has 0 aliphatic carbocycles. The molecule has 0 spiro atoms. The maximum Gasteiger partial charge on any atom is 0.416 e. The van der Waals surface area contributed by atoms with E-state index in [0.29, 0.717) is 39.3 Å². The lowest BCUT2D eigenvalue weighted by atomic mass is 10.1. The summed E-state index contributed by atoms with van der Waals surface area (Å²) in [4.78, 5) is 25.7. The van der Waals surface area contributed by atoms with Gasteiger partial charge in [0.2, 0.25) is 0 Å². The molecule has 0 radical (unpaired) electrons. The van der Waals surface area contributed by atoms with Crippen molar-refractivity contribution in [1.29, 1.82) is 0 Å². The quantitative estimate of drug-likeness (QED) is 0.371. The lowest BCUT2D eigenvalue weighted by molar-refractivity contribution is -0.137. The van der Waals surface area contributed by atoms with Crippen molar-refractivity contribution in [1.82, 2.24) is 24.7 Å². The minimum atomic E-state index is -4.41. The summed E-state index contributed by atoms with van der Waals surface area (Å²) in [6.45, 7) is 2.01. The highest BCUT2D eigenvalue weighted by atomic mass is 19.4. The maximum absolute atomic E-state index is 13.1. The molecule has 176 valence electrons. The number of nitrogens with zero attached hydrogens (tertiary/aromatic N) is 4. The molecule has 5 rings (SSSR count). The summed E-state index contributed by atoms with van der Waals surface area (Å²) in [6.07, 6.45) is 3.25. The average molecular weight is 477 g/mol. The molecule has 0 aliphatic rings. The zero-order chi connectivity index (χ0) is 24.6. The van der Waals surface area contributed by atoms with Crippen molar-refractivity contribution in [2.24, 2.45) is 0 Å². The van der Waals surface area contributed by atoms with Crippen LogP contribution in [0.2, 0.25) is 0 Å². The molecule has 0 bridgehead atoms. The molecule has 1 amide bonds. The molecule has 0 atom stereocenters. The summed E-state index contributed by atoms with van der Waals surface area (Å²) >= 11 is 0. The van der Waals surface area contributed by atoms with Gasteiger partial charge in [0, 0.05) is 17.9 Å². The molecule has 0 unspecified atom stereocenters. The summed E-state index contributed by atoms with van der Waals surface area (Å²) in [5.41, 5.74) is 3.95. The van der Waals surface area contributed by atoms with Crippen LogP contribution in [0.3, 0.4) is 0 Å². The monoisotopic (exact) mass is 477 g/mol. The second-order valence-corrected chi connectivity index (χ2v) is 7.90. The normalized spacial score (nSPS) is 11.7. The fourth-order valence-electron chi connectivity index (χ4n) is 3.73. The number of carbonyl (C=O) groups excluding carboxylic acids is 1. The molecule has 0 saturated heterocycles. The molecule has 1 aromatic carbocycles. The fraction of sp³-hybridized carbons (Fsp3) is 0.120. The first-order valence-electron chi connectivity index (χ1n) is 10.6. The first-order valence-corrected chi connectivity index (χ1v) is 10.6. The van der Waals surface area contributed by atoms with Gasteiger partial charge in [-0.25, -0.2) is 4.98 Å². The number of aromatic nitrogens is 4. The molecule has 1 N–H and O–H groups in total. The van der Waals surface area contributed by atoms with Gasteiger partial charge in [-0.05, 0) is 42.3 Å². The topological polar surface area (TPSA) is 85.3 Å². The summed E-state index contributed by atoms with van der Waals surface area (Å²) < 4.78 is 45.7. The van der Waals surface area contributed by atoms with Crippen molar-refractivity contribution >= 4 is 11.4 Å². The molecular formula is C25H18F3N5O2. The van der Waals surface area contributed by atoms with E-state index in [0.717, 1.165) is 17.8 Å². The third kappa shape index (κ3) is 4.50. The van der Waals surface area contributed by atoms with Crippen LogP contribution in [0.5, 0.6) is 0 Å². The minimum absolute atomic E-state index is 0.188. The van der Waals surface area contributed by atoms with E-state index < -0.39 is 11.7 Å². The van der Waals surface area contributed by atoms with Crippen molar-refractivity contribution < 1.29 is 22.4 Å². The number of alkyl halides is 3. The van der Waals surface area contributed by atoms with Crippen molar-refractivity contribution in [2.75, 3.05) is 0 Å². The van der Waals surface area contributed by atoms with E-state index in [-0.39, 0.29) is 12.5 Å². The number of aryl methyl sites for hydroxylation is 1. The van der Waals surface area contributed by atoms with Crippen LogP contribution in [-0.2, 0) is 12.7 Å². The molecular weight excluding hydrogens is 459 g/mol. The minimum Gasteiger partial charge on any atom is -0.451 e. The van der Waals surface area contributed by atoms with Crippen molar-refractivity contribution in [3.8, 4) is 22.5 Å². The molecule has 7 nitrogen and oxygen atoms in total. The highest BCUT2D eigenvalue weighted by molar-refractivity contribution is 6.02. The predicted molar refractivity (Wildman–Crippen MR) is 121 cm³/mol. The lowest BCUT2D eigenvalue weighted by Crippen LogP contribution is -2.23. The third-order valence-corrected chi connectivity index (χ3v) is 5.50. The molecule has 35 heavy (non-hydrogen) atoms. The van der Waals surface area contributed by atoms with Gasteiger partial charge in [0.1, 0.15) is 12.0 Å². The molecule has 4 aromatic heterocycles. The number of rotatable bonds is 5. The number of benzene rings is 1. The molecule has 0 aliphatic heterocycles. The van der Waals surface area contributed by atoms with E-state index in [2.05, 4.69) is 20.3 Å². The fourth-order valence-corrected chi connectivity index (χ4v) is 3.73. The van der Waals surface area contributed by atoms with Crippen LogP contribution in [0.15, 0.2) is 78.1 Å². The van der Waals surface area contributed by atoms with Gasteiger partial charge in [-0.3, -0.25) is 14.8 Å². The van der Waals surface area contributed by atoms with E-state index in [4.69, 9.17) is 4.42 Å². The van der Waals surface area contributed by atoms with E-state index in [1.165, 1.54) is 24.8 Å². The maximum atomic E-state index is 13.1. The van der Waals surface area contributed by atoms with Gasteiger partial charge in [0.25, 0.3) is 5.91 Å². The number of carbonyl (C=O) groups is 1. The first-order chi connectivity index (χ1) is 16.8. The molecule has 0 saturated carbocycles. The molecule has 4 heterocycles. The second-order valence-electron chi connectivity index (χ2n) is 7.90. The van der Waals surface area contributed by atoms with Crippen LogP contribution >= 0.6 is 0 Å². The number of hydrogen-bond donors (Lipinski definition) is 1. The molecule has 0 fully saturated rings. The SMILES string of the molecule is Cc1cnc(CNC(=O)c2cc3ccc(-c4ccc(C(F)(F)F)cc4)cn3c2-c2cocn2)cn1. The summed E-state index contributed by atoms with van der Waals surface area (Å²) in [5.74, 6) is -0.342. The van der Waals surface area contributed by atoms with Crippen molar-refractivity contribution in [3.63, 3.8) is 0 Å². The number of pyridine rings is 1. The molecule has 5 aromatic rings. The highest BCUT2D eigenvalue weighted by Gasteiger charge is 2.30. The van der Waals surface area contributed by atoms with Gasteiger partial charge < -0.3 is 14.1 Å². The Balaban J connectivity index is 1.52. The van der Waals surface area contributed by atoms with Crippen LogP contribution < -0.4 is 5.32 Å². The second kappa shape index (κ2) is 8.71. The lowest BCUT2D eigenvalue weighted by Gasteiger charge is -2.09. The van der Waals surface area contributed by atoms with Gasteiger partial charge in [-0.1, -0.05) is 18.2 Å². The van der Waals surface area contributed by atoms with E-state index in [1.807, 2.05) is 6.92 Å². The van der Waals surface area contributed by atoms with E-state index in [1.54, 1.807) is 41.2 Å². The van der Waals surface area contributed by atoms with Gasteiger partial charge in [0.15, 0.2) is 6.39 Å². The van der Waals surface area contributed by atoms with Gasteiger partial charge in [-0.2, -0.15) is 13.2 Å². The van der Waals surface area contributed by atoms with Gasteiger partial charge in [0.05, 0.1) is 41.0 Å². The number of nitrogens with one attached hydrogen (secondary N) is 1. The average Bonchev–Trinajstić information content (AvgIpc) is 3.50. The van der Waals surface area contributed by atoms with Crippen LogP contribution in [0.1, 0.15) is 27.3 Å². The highest BCUT2D eigenvalue weighted by Crippen LogP contribution is 2.32. The van der Waals surface area contributed by atoms with Crippen LogP contribution in [0.25, 0.3) is 28.0 Å².